The number of hydrogen-bond donors (Lipinski definition) is 1. The van der Waals surface area contributed by atoms with E-state index in [1.807, 2.05) is 0 Å². The lowest BCUT2D eigenvalue weighted by atomic mass is 9.68. The van der Waals surface area contributed by atoms with Gasteiger partial charge in [0.15, 0.2) is 0 Å². The molecule has 2 rings (SSSR count). The number of hydrogen-bond acceptors (Lipinski definition) is 1. The predicted molar refractivity (Wildman–Crippen MR) is 75.5 cm³/mol. The Morgan fingerprint density at radius 3 is 2.63 bits per heavy atom. The second-order valence-corrected chi connectivity index (χ2v) is 6.53. The molecule has 0 bridgehead atoms. The molecule has 1 aliphatic rings. The summed E-state index contributed by atoms with van der Waals surface area (Å²) in [6.07, 6.45) is 3.77. The van der Waals surface area contributed by atoms with E-state index in [0.717, 1.165) is 18.4 Å². The average Bonchev–Trinajstić information content (AvgIpc) is 2.35. The van der Waals surface area contributed by atoms with Gasteiger partial charge in [0.2, 0.25) is 0 Å². The van der Waals surface area contributed by atoms with Crippen LogP contribution in [0.15, 0.2) is 22.7 Å². The topological polar surface area (TPSA) is 37.3 Å². The second-order valence-electron chi connectivity index (χ2n) is 5.68. The molecule has 0 heterocycles. The SMILES string of the molecule is CC1CCC(Cc2ccc(F)cc2Br)(C(=O)O)CC1. The molecule has 0 aromatic heterocycles. The molecule has 0 aliphatic heterocycles. The van der Waals surface area contributed by atoms with Crippen molar-refractivity contribution in [2.45, 2.75) is 39.0 Å². The summed E-state index contributed by atoms with van der Waals surface area (Å²) in [6.45, 7) is 2.17. The highest BCUT2D eigenvalue weighted by Crippen LogP contribution is 2.42. The lowest BCUT2D eigenvalue weighted by Crippen LogP contribution is -2.37. The van der Waals surface area contributed by atoms with E-state index in [1.165, 1.54) is 12.1 Å². The van der Waals surface area contributed by atoms with Crippen LogP contribution in [-0.2, 0) is 11.2 Å². The first-order chi connectivity index (χ1) is 8.93. The van der Waals surface area contributed by atoms with Gasteiger partial charge in [-0.3, -0.25) is 4.79 Å². The third-order valence-electron chi connectivity index (χ3n) is 4.23. The highest BCUT2D eigenvalue weighted by atomic mass is 79.9. The molecule has 0 unspecified atom stereocenters. The summed E-state index contributed by atoms with van der Waals surface area (Å²) in [4.78, 5) is 11.7. The number of halogens is 2. The molecular weight excluding hydrogens is 311 g/mol. The van der Waals surface area contributed by atoms with Gasteiger partial charge in [0.05, 0.1) is 5.41 Å². The third-order valence-corrected chi connectivity index (χ3v) is 4.97. The van der Waals surface area contributed by atoms with Crippen molar-refractivity contribution in [3.05, 3.63) is 34.1 Å². The number of carboxylic acid groups (broad SMARTS) is 1. The van der Waals surface area contributed by atoms with Crippen LogP contribution in [0, 0.1) is 17.2 Å². The van der Waals surface area contributed by atoms with Crippen LogP contribution in [0.1, 0.15) is 38.2 Å². The minimum Gasteiger partial charge on any atom is -0.481 e. The number of rotatable bonds is 3. The molecule has 1 aromatic carbocycles. The van der Waals surface area contributed by atoms with Gasteiger partial charge in [-0.05, 0) is 55.7 Å². The van der Waals surface area contributed by atoms with Crippen LogP contribution in [-0.4, -0.2) is 11.1 Å². The Balaban J connectivity index is 2.24. The van der Waals surface area contributed by atoms with Crippen molar-refractivity contribution in [2.75, 3.05) is 0 Å². The second kappa shape index (κ2) is 5.61. The quantitative estimate of drug-likeness (QED) is 0.892. The molecule has 1 aliphatic carbocycles. The smallest absolute Gasteiger partial charge is 0.309 e. The van der Waals surface area contributed by atoms with E-state index in [2.05, 4.69) is 22.9 Å². The van der Waals surface area contributed by atoms with E-state index < -0.39 is 11.4 Å². The summed E-state index contributed by atoms with van der Waals surface area (Å²) in [6, 6.07) is 4.47. The van der Waals surface area contributed by atoms with Crippen molar-refractivity contribution in [1.29, 1.82) is 0 Å². The monoisotopic (exact) mass is 328 g/mol. The molecule has 1 N–H and O–H groups in total. The van der Waals surface area contributed by atoms with Crippen molar-refractivity contribution in [1.82, 2.24) is 0 Å². The van der Waals surface area contributed by atoms with Crippen molar-refractivity contribution < 1.29 is 14.3 Å². The minimum atomic E-state index is -0.726. The molecule has 0 amide bonds. The Labute approximate surface area is 121 Å². The van der Waals surface area contributed by atoms with Crippen molar-refractivity contribution in [3.8, 4) is 0 Å². The van der Waals surface area contributed by atoms with Gasteiger partial charge < -0.3 is 5.11 Å². The summed E-state index contributed by atoms with van der Waals surface area (Å²) >= 11 is 3.33. The van der Waals surface area contributed by atoms with Gasteiger partial charge >= 0.3 is 5.97 Å². The highest BCUT2D eigenvalue weighted by Gasteiger charge is 2.41. The molecular formula is C15H18BrFO2. The molecule has 0 spiro atoms. The van der Waals surface area contributed by atoms with Gasteiger partial charge in [0, 0.05) is 4.47 Å². The van der Waals surface area contributed by atoms with E-state index in [9.17, 15) is 14.3 Å². The molecule has 104 valence electrons. The van der Waals surface area contributed by atoms with Crippen molar-refractivity contribution in [2.24, 2.45) is 11.3 Å². The first-order valence-electron chi connectivity index (χ1n) is 6.60. The van der Waals surface area contributed by atoms with E-state index in [0.29, 0.717) is 29.7 Å². The predicted octanol–water partition coefficient (Wildman–Crippen LogP) is 4.41. The molecule has 4 heteroatoms. The molecule has 19 heavy (non-hydrogen) atoms. The maximum absolute atomic E-state index is 13.1. The molecule has 1 aromatic rings. The normalized spacial score (nSPS) is 27.2. The zero-order chi connectivity index (χ0) is 14.0. The van der Waals surface area contributed by atoms with Crippen LogP contribution >= 0.6 is 15.9 Å². The molecule has 2 nitrogen and oxygen atoms in total. The van der Waals surface area contributed by atoms with Gasteiger partial charge in [-0.2, -0.15) is 0 Å². The third kappa shape index (κ3) is 3.16. The van der Waals surface area contributed by atoms with Gasteiger partial charge in [-0.25, -0.2) is 4.39 Å². The Kier molecular flexibility index (Phi) is 4.29. The maximum Gasteiger partial charge on any atom is 0.309 e. The lowest BCUT2D eigenvalue weighted by molar-refractivity contribution is -0.151. The van der Waals surface area contributed by atoms with E-state index in [-0.39, 0.29) is 5.82 Å². The van der Waals surface area contributed by atoms with Gasteiger partial charge in [0.25, 0.3) is 0 Å². The summed E-state index contributed by atoms with van der Waals surface area (Å²) < 4.78 is 13.7. The first kappa shape index (κ1) is 14.5. The van der Waals surface area contributed by atoms with Gasteiger partial charge in [0.1, 0.15) is 5.82 Å². The first-order valence-corrected chi connectivity index (χ1v) is 7.39. The van der Waals surface area contributed by atoms with Crippen LogP contribution in [0.4, 0.5) is 4.39 Å². The average molecular weight is 329 g/mol. The van der Waals surface area contributed by atoms with E-state index in [1.54, 1.807) is 6.07 Å². The number of benzene rings is 1. The fraction of sp³-hybridized carbons (Fsp3) is 0.533. The fourth-order valence-corrected chi connectivity index (χ4v) is 3.30. The largest absolute Gasteiger partial charge is 0.481 e. The molecule has 1 fully saturated rings. The Bertz CT molecular complexity index is 479. The van der Waals surface area contributed by atoms with Gasteiger partial charge in [-0.1, -0.05) is 28.9 Å². The van der Waals surface area contributed by atoms with Crippen LogP contribution in [0.2, 0.25) is 0 Å². The molecule has 0 saturated heterocycles. The lowest BCUT2D eigenvalue weighted by Gasteiger charge is -2.36. The Hall–Kier alpha value is -0.900. The van der Waals surface area contributed by atoms with Crippen molar-refractivity contribution >= 4 is 21.9 Å². The van der Waals surface area contributed by atoms with E-state index >= 15 is 0 Å². The number of carbonyl (C=O) groups is 1. The summed E-state index contributed by atoms with van der Waals surface area (Å²) in [5.41, 5.74) is 0.186. The zero-order valence-corrected chi connectivity index (χ0v) is 12.5. The standard InChI is InChI=1S/C15H18BrFO2/c1-10-4-6-15(7-5-10,14(18)19)9-11-2-3-12(17)8-13(11)16/h2-3,8,10H,4-7,9H2,1H3,(H,18,19). The maximum atomic E-state index is 13.1. The van der Waals surface area contributed by atoms with Gasteiger partial charge in [-0.15, -0.1) is 0 Å². The summed E-state index contributed by atoms with van der Waals surface area (Å²) in [7, 11) is 0. The van der Waals surface area contributed by atoms with Crippen LogP contribution in [0.5, 0.6) is 0 Å². The Morgan fingerprint density at radius 2 is 2.11 bits per heavy atom. The molecule has 1 saturated carbocycles. The Morgan fingerprint density at radius 1 is 1.47 bits per heavy atom. The fourth-order valence-electron chi connectivity index (χ4n) is 2.81. The highest BCUT2D eigenvalue weighted by molar-refractivity contribution is 9.10. The molecule has 0 radical (unpaired) electrons. The minimum absolute atomic E-state index is 0.308. The number of carboxylic acids is 1. The van der Waals surface area contributed by atoms with Crippen molar-refractivity contribution in [3.63, 3.8) is 0 Å². The van der Waals surface area contributed by atoms with Crippen LogP contribution < -0.4 is 0 Å². The zero-order valence-electron chi connectivity index (χ0n) is 11.0. The summed E-state index contributed by atoms with van der Waals surface area (Å²) in [5, 5.41) is 9.59. The van der Waals surface area contributed by atoms with Crippen LogP contribution in [0.25, 0.3) is 0 Å². The van der Waals surface area contributed by atoms with E-state index in [4.69, 9.17) is 0 Å². The van der Waals surface area contributed by atoms with Crippen LogP contribution in [0.3, 0.4) is 0 Å². The number of aliphatic carboxylic acids is 1. The molecule has 0 atom stereocenters. The summed E-state index contributed by atoms with van der Waals surface area (Å²) in [5.74, 6) is -0.433.